The van der Waals surface area contributed by atoms with E-state index in [4.69, 9.17) is 19.9 Å². The number of rotatable bonds is 14. The summed E-state index contributed by atoms with van der Waals surface area (Å²) in [6.07, 6.45) is 4.52. The van der Waals surface area contributed by atoms with Crippen LogP contribution in [0.25, 0.3) is 0 Å². The van der Waals surface area contributed by atoms with Gasteiger partial charge in [-0.15, -0.1) is 0 Å². The van der Waals surface area contributed by atoms with E-state index in [1.807, 2.05) is 6.08 Å². The summed E-state index contributed by atoms with van der Waals surface area (Å²) in [5, 5.41) is 20.6. The first-order chi connectivity index (χ1) is 17.1. The molecular formula is C26H35F2NO7. The minimum absolute atomic E-state index is 0.109. The smallest absolute Gasteiger partial charge is 0.322 e. The number of aliphatic hydroxyl groups excluding tert-OH is 2. The molecule has 1 aliphatic carbocycles. The van der Waals surface area contributed by atoms with Crippen LogP contribution >= 0.6 is 0 Å². The van der Waals surface area contributed by atoms with Crippen LogP contribution in [0.3, 0.4) is 0 Å². The Bertz CT molecular complexity index is 878. The molecule has 8 nitrogen and oxygen atoms in total. The van der Waals surface area contributed by atoms with Crippen molar-refractivity contribution in [3.05, 3.63) is 54.6 Å². The molecule has 1 aromatic carbocycles. The van der Waals surface area contributed by atoms with Gasteiger partial charge in [0.05, 0.1) is 18.8 Å². The molecule has 200 valence electrons. The third kappa shape index (κ3) is 10.4. The number of carbonyl (C=O) groups excluding carboxylic acids is 2. The maximum Gasteiger partial charge on any atom is 0.322 e. The van der Waals surface area contributed by atoms with Crippen LogP contribution in [0.1, 0.15) is 39.0 Å². The lowest BCUT2D eigenvalue weighted by molar-refractivity contribution is -0.183. The lowest BCUT2D eigenvalue weighted by atomic mass is 9.89. The molecule has 1 unspecified atom stereocenters. The lowest BCUT2D eigenvalue weighted by Gasteiger charge is -2.20. The number of hydrogen-bond donors (Lipinski definition) is 3. The van der Waals surface area contributed by atoms with Crippen molar-refractivity contribution in [2.45, 2.75) is 63.4 Å². The Labute approximate surface area is 209 Å². The van der Waals surface area contributed by atoms with Crippen LogP contribution in [0.2, 0.25) is 0 Å². The summed E-state index contributed by atoms with van der Waals surface area (Å²) in [4.78, 5) is 22.8. The fourth-order valence-corrected chi connectivity index (χ4v) is 3.94. The molecule has 1 fully saturated rings. The van der Waals surface area contributed by atoms with Gasteiger partial charge in [0.2, 0.25) is 6.29 Å². The van der Waals surface area contributed by atoms with Crippen LogP contribution in [0.5, 0.6) is 5.75 Å². The number of alkyl halides is 2. The molecule has 0 radical (unpaired) electrons. The van der Waals surface area contributed by atoms with Crippen molar-refractivity contribution in [2.24, 2.45) is 17.6 Å². The van der Waals surface area contributed by atoms with Crippen LogP contribution in [0.15, 0.2) is 54.6 Å². The molecule has 2 rings (SSSR count). The summed E-state index contributed by atoms with van der Waals surface area (Å²) >= 11 is 0. The number of aliphatic hydroxyl groups is 2. The van der Waals surface area contributed by atoms with Gasteiger partial charge in [-0.25, -0.2) is 0 Å². The van der Waals surface area contributed by atoms with Gasteiger partial charge >= 0.3 is 11.9 Å². The van der Waals surface area contributed by atoms with Crippen LogP contribution in [-0.4, -0.2) is 59.7 Å². The molecule has 10 heteroatoms. The van der Waals surface area contributed by atoms with E-state index in [0.717, 1.165) is 6.08 Å². The number of halogens is 2. The Morgan fingerprint density at radius 1 is 1.14 bits per heavy atom. The van der Waals surface area contributed by atoms with Gasteiger partial charge in [-0.2, -0.15) is 8.78 Å². The van der Waals surface area contributed by atoms with Gasteiger partial charge in [0.1, 0.15) is 5.75 Å². The molecule has 1 aliphatic rings. The van der Waals surface area contributed by atoms with E-state index in [1.54, 1.807) is 36.4 Å². The van der Waals surface area contributed by atoms with Crippen LogP contribution < -0.4 is 10.5 Å². The summed E-state index contributed by atoms with van der Waals surface area (Å²) in [5.41, 5.74) is 5.12. The highest BCUT2D eigenvalue weighted by Gasteiger charge is 2.40. The van der Waals surface area contributed by atoms with Crippen LogP contribution in [0, 0.1) is 11.8 Å². The highest BCUT2D eigenvalue weighted by molar-refractivity contribution is 5.72. The fraction of sp³-hybridized carbons (Fsp3) is 0.538. The number of ether oxygens (including phenoxy) is 3. The van der Waals surface area contributed by atoms with Crippen molar-refractivity contribution in [1.82, 2.24) is 0 Å². The Hall–Kier alpha value is -2.82. The summed E-state index contributed by atoms with van der Waals surface area (Å²) in [6.45, 7) is 0.283. The van der Waals surface area contributed by atoms with E-state index >= 15 is 0 Å². The number of benzene rings is 1. The molecule has 0 heterocycles. The normalized spacial score (nSPS) is 23.2. The molecule has 4 N–H and O–H groups in total. The number of allylic oxidation sites excluding steroid dienone is 2. The maximum absolute atomic E-state index is 14.3. The quantitative estimate of drug-likeness (QED) is 0.150. The van der Waals surface area contributed by atoms with Crippen molar-refractivity contribution >= 4 is 11.9 Å². The predicted molar refractivity (Wildman–Crippen MR) is 128 cm³/mol. The van der Waals surface area contributed by atoms with E-state index in [2.05, 4.69) is 0 Å². The largest absolute Gasteiger partial charge is 0.487 e. The first-order valence-corrected chi connectivity index (χ1v) is 12.0. The molecule has 0 bridgehead atoms. The fourth-order valence-electron chi connectivity index (χ4n) is 3.94. The molecule has 36 heavy (non-hydrogen) atoms. The minimum atomic E-state index is -3.24. The second-order valence-electron chi connectivity index (χ2n) is 8.68. The van der Waals surface area contributed by atoms with Crippen molar-refractivity contribution in [3.63, 3.8) is 0 Å². The number of unbranched alkanes of at least 4 members (excludes halogenated alkanes) is 1. The Kier molecular flexibility index (Phi) is 12.0. The standard InChI is InChI=1S/C26H35F2NO7/c1-18(36-25(33)16-29)35-24(32)12-8-3-2-7-11-20-21(23(31)15-22(20)30)13-14-26(27,28)17-34-19-9-5-4-6-10-19/h2,4-7,9-10,13-14,18,20-23,30-31H,3,8,11-12,15-17,29H2,1H3/b7-2-,14-13+/t18?,20-,21-,22+,23-/m1/s1. The van der Waals surface area contributed by atoms with Crippen molar-refractivity contribution < 1.29 is 42.8 Å². The van der Waals surface area contributed by atoms with E-state index in [-0.39, 0.29) is 19.4 Å². The van der Waals surface area contributed by atoms with Crippen molar-refractivity contribution in [2.75, 3.05) is 13.2 Å². The first-order valence-electron chi connectivity index (χ1n) is 12.0. The zero-order chi connectivity index (χ0) is 26.6. The van der Waals surface area contributed by atoms with Gasteiger partial charge in [0, 0.05) is 25.7 Å². The molecular weight excluding hydrogens is 476 g/mol. The zero-order valence-electron chi connectivity index (χ0n) is 20.3. The van der Waals surface area contributed by atoms with Gasteiger partial charge < -0.3 is 30.2 Å². The topological polar surface area (TPSA) is 128 Å². The van der Waals surface area contributed by atoms with Gasteiger partial charge in [0.25, 0.3) is 5.92 Å². The molecule has 0 aromatic heterocycles. The number of esters is 2. The maximum atomic E-state index is 14.3. The zero-order valence-corrected chi connectivity index (χ0v) is 20.3. The van der Waals surface area contributed by atoms with Crippen LogP contribution in [0.4, 0.5) is 8.78 Å². The second kappa shape index (κ2) is 14.7. The molecule has 1 saturated carbocycles. The molecule has 0 spiro atoms. The average Bonchev–Trinajstić information content (AvgIpc) is 3.11. The third-order valence-corrected chi connectivity index (χ3v) is 5.74. The Morgan fingerprint density at radius 2 is 1.83 bits per heavy atom. The number of para-hydroxylation sites is 1. The first kappa shape index (κ1) is 29.4. The van der Waals surface area contributed by atoms with Gasteiger partial charge in [-0.05, 0) is 43.4 Å². The highest BCUT2D eigenvalue weighted by atomic mass is 19.3. The third-order valence-electron chi connectivity index (χ3n) is 5.74. The number of carbonyl (C=O) groups is 2. The Morgan fingerprint density at radius 3 is 2.53 bits per heavy atom. The molecule has 0 saturated heterocycles. The highest BCUT2D eigenvalue weighted by Crippen LogP contribution is 2.37. The molecule has 0 amide bonds. The molecule has 5 atom stereocenters. The number of nitrogens with two attached hydrogens (primary N) is 1. The predicted octanol–water partition coefficient (Wildman–Crippen LogP) is 3.12. The molecule has 0 aliphatic heterocycles. The number of hydrogen-bond acceptors (Lipinski definition) is 8. The van der Waals surface area contributed by atoms with Gasteiger partial charge in [0.15, 0.2) is 6.61 Å². The van der Waals surface area contributed by atoms with Gasteiger partial charge in [-0.1, -0.05) is 36.4 Å². The van der Waals surface area contributed by atoms with Crippen molar-refractivity contribution in [3.8, 4) is 5.75 Å². The average molecular weight is 512 g/mol. The SMILES string of the molecule is CC(OC(=O)CN)OC(=O)CCC/C=C\C[C@@H]1[C@@H](/C=C/C(F)(F)COc2ccccc2)[C@H](O)C[C@@H]1O. The van der Waals surface area contributed by atoms with Crippen molar-refractivity contribution in [1.29, 1.82) is 0 Å². The lowest BCUT2D eigenvalue weighted by Crippen LogP contribution is -2.25. The monoisotopic (exact) mass is 511 g/mol. The molecule has 1 aromatic rings. The van der Waals surface area contributed by atoms with Gasteiger partial charge in [-0.3, -0.25) is 9.59 Å². The van der Waals surface area contributed by atoms with E-state index in [9.17, 15) is 28.6 Å². The second-order valence-corrected chi connectivity index (χ2v) is 8.68. The Balaban J connectivity index is 1.77. The van der Waals surface area contributed by atoms with Crippen LogP contribution in [-0.2, 0) is 19.1 Å². The van der Waals surface area contributed by atoms with E-state index in [1.165, 1.54) is 13.0 Å². The summed E-state index contributed by atoms with van der Waals surface area (Å²) in [6, 6.07) is 8.30. The summed E-state index contributed by atoms with van der Waals surface area (Å²) in [5.74, 6) is -5.13. The summed E-state index contributed by atoms with van der Waals surface area (Å²) < 4.78 is 43.4. The van der Waals surface area contributed by atoms with E-state index < -0.39 is 54.8 Å². The summed E-state index contributed by atoms with van der Waals surface area (Å²) in [7, 11) is 0. The minimum Gasteiger partial charge on any atom is -0.487 e. The van der Waals surface area contributed by atoms with E-state index in [0.29, 0.717) is 25.0 Å².